The molecule has 2 fully saturated rings. The monoisotopic (exact) mass is 1260 g/mol. The molecule has 0 saturated carbocycles. The summed E-state index contributed by atoms with van der Waals surface area (Å²) in [6.45, 7) is 12.4. The summed E-state index contributed by atoms with van der Waals surface area (Å²) in [6.07, 6.45) is 2.44. The summed E-state index contributed by atoms with van der Waals surface area (Å²) in [6, 6.07) is 6.44. The molecule has 30 nitrogen and oxygen atoms in total. The van der Waals surface area contributed by atoms with Crippen molar-refractivity contribution < 1.29 is 79.1 Å². The topological polar surface area (TPSA) is 431 Å². The van der Waals surface area contributed by atoms with Gasteiger partial charge < -0.3 is 71.2 Å². The molecule has 0 spiro atoms. The van der Waals surface area contributed by atoms with E-state index in [0.717, 1.165) is 70.9 Å². The summed E-state index contributed by atoms with van der Waals surface area (Å²) in [7, 11) is 0. The number of aliphatic imine (C=N–C) groups is 2. The Morgan fingerprint density at radius 3 is 1.95 bits per heavy atom. The fourth-order valence-electron chi connectivity index (χ4n) is 7.05. The zero-order chi connectivity index (χ0) is 58.7. The van der Waals surface area contributed by atoms with Crippen LogP contribution in [0.4, 0.5) is 17.2 Å². The molecule has 3 aromatic heterocycles. The number of nitrogens with zero attached hydrogens (tertiary/aromatic N) is 11. The molecule has 1 unspecified atom stereocenters. The predicted molar refractivity (Wildman–Crippen MR) is 295 cm³/mol. The average molecular weight is 1260 g/mol. The number of fused-ring (bicyclic) bond motifs is 3. The smallest absolute Gasteiger partial charge is 0.335 e. The molecule has 4 atom stereocenters. The van der Waals surface area contributed by atoms with Crippen molar-refractivity contribution in [3.8, 4) is 5.88 Å². The number of β-amino-alcohol motifs (C(OH)–C–C–N with tert-alkyl or cyclic N) is 1. The number of aliphatic hydroxyl groups is 3. The molecular weight excluding hydrogens is 1210 g/mol. The minimum absolute atomic E-state index is 0.0257. The number of guanidine groups is 2. The Balaban J connectivity index is 0.000000194. The van der Waals surface area contributed by atoms with Crippen LogP contribution in [0.3, 0.4) is 0 Å². The summed E-state index contributed by atoms with van der Waals surface area (Å²) < 4.78 is 20.9. The number of aromatic nitrogens is 6. The number of aliphatic carboxylic acids is 5. The summed E-state index contributed by atoms with van der Waals surface area (Å²) in [5.41, 5.74) is 4.55. The van der Waals surface area contributed by atoms with E-state index in [0.29, 0.717) is 78.0 Å². The second-order valence-corrected chi connectivity index (χ2v) is 19.9. The van der Waals surface area contributed by atoms with Crippen molar-refractivity contribution in [2.45, 2.75) is 57.1 Å². The number of carbonyl (C=O) groups is 6. The lowest BCUT2D eigenvalue weighted by Gasteiger charge is -2.39. The lowest BCUT2D eigenvalue weighted by Crippen LogP contribution is -2.59. The number of benzene rings is 2. The molecule has 4 aliphatic heterocycles. The maximum atomic E-state index is 12.2. The number of aliphatic hydroxyl groups excluding tert-OH is 3. The van der Waals surface area contributed by atoms with E-state index in [4.69, 9.17) is 40.1 Å². The SMILES string of the molecule is Brc1c(NC2=NCCN2)ccc2nccnc12.CC(C)(C)NC[C@H](O)COc1nsnc1N1CCOCC1.O=C(O)/C=C\C(=O)O.O=C(O)C1CC(=O)N2CCN=C2N1c1ccc2nccnc2c1Br.O=C(O)[C@H](O)[C@@H](O)C(=O)O. The molecule has 5 aromatic rings. The second kappa shape index (κ2) is 30.1. The number of hydrogen-bond acceptors (Lipinski definition) is 25. The zero-order valence-electron chi connectivity index (χ0n) is 42.8. The molecule has 430 valence electrons. The first-order chi connectivity index (χ1) is 38.0. The first kappa shape index (κ1) is 63.2. The highest BCUT2D eigenvalue weighted by Gasteiger charge is 2.44. The number of nitrogens with one attached hydrogen (secondary N) is 3. The Labute approximate surface area is 475 Å². The third-order valence-electron chi connectivity index (χ3n) is 10.8. The van der Waals surface area contributed by atoms with Gasteiger partial charge in [0.05, 0.1) is 75.8 Å². The molecule has 0 aliphatic carbocycles. The van der Waals surface area contributed by atoms with Crippen LogP contribution in [0.5, 0.6) is 5.88 Å². The lowest BCUT2D eigenvalue weighted by atomic mass is 10.1. The quantitative estimate of drug-likeness (QED) is 0.0694. The summed E-state index contributed by atoms with van der Waals surface area (Å²) in [5, 5.41) is 77.3. The number of hydrogen-bond donors (Lipinski definition) is 11. The van der Waals surface area contributed by atoms with Gasteiger partial charge in [-0.3, -0.25) is 44.5 Å². The highest BCUT2D eigenvalue weighted by atomic mass is 79.9. The maximum Gasteiger partial charge on any atom is 0.335 e. The Kier molecular flexibility index (Phi) is 23.7. The van der Waals surface area contributed by atoms with Crippen LogP contribution in [-0.2, 0) is 33.5 Å². The molecule has 80 heavy (non-hydrogen) atoms. The van der Waals surface area contributed by atoms with E-state index in [9.17, 15) is 39.0 Å². The standard InChI is InChI=1S/C15H12BrN5O3.C13H24N4O3S.C11H10BrN5.C4H6O6.C4H4O4/c16-12-9(2-1-8-13(12)18-4-3-17-8)21-10(14(23)24)7-11(22)20-6-5-19-15(20)21;1-13(2,3)14-8-10(18)9-20-12-11(15-21-16-12)17-4-6-19-7-5-17;12-9-7(17-11-15-5-6-16-11)1-2-8-10(9)14-4-3-13-8;5-1(3(7)8)2(6)4(9)10;5-3(6)1-2-4(7)8/h1-4,10H,5-7H2,(H,23,24);10,14,18H,4-9H2,1-3H3;1-4H,5-6H2,(H2,15,16,17);1-2,5-6H,(H,7,8)(H,9,10);1-2H,(H,5,6)(H,7,8)/b;;;;2-1-/t;10-;;1-,2-;/m.0.1./s1. The number of rotatable bonds is 14. The zero-order valence-corrected chi connectivity index (χ0v) is 46.8. The van der Waals surface area contributed by atoms with Crippen LogP contribution in [0, 0.1) is 0 Å². The number of anilines is 3. The number of amides is 1. The van der Waals surface area contributed by atoms with Crippen LogP contribution < -0.4 is 30.5 Å². The van der Waals surface area contributed by atoms with Gasteiger partial charge in [-0.25, -0.2) is 24.0 Å². The molecule has 2 aromatic carbocycles. The van der Waals surface area contributed by atoms with Gasteiger partial charge >= 0.3 is 29.8 Å². The third-order valence-corrected chi connectivity index (χ3v) is 12.9. The third kappa shape index (κ3) is 18.5. The van der Waals surface area contributed by atoms with Crippen LogP contribution in [0.15, 0.2) is 80.1 Å². The number of carbonyl (C=O) groups excluding carboxylic acids is 1. The van der Waals surface area contributed by atoms with E-state index < -0.39 is 54.2 Å². The van der Waals surface area contributed by atoms with Crippen molar-refractivity contribution in [3.05, 3.63) is 70.2 Å². The summed E-state index contributed by atoms with van der Waals surface area (Å²) >= 11 is 8.18. The van der Waals surface area contributed by atoms with E-state index in [1.54, 1.807) is 41.8 Å². The number of morpholine rings is 1. The molecule has 7 heterocycles. The van der Waals surface area contributed by atoms with Crippen LogP contribution in [0.1, 0.15) is 27.2 Å². The lowest BCUT2D eigenvalue weighted by molar-refractivity contribution is -0.165. The fourth-order valence-corrected chi connectivity index (χ4v) is 8.74. The first-order valence-corrected chi connectivity index (χ1v) is 26.2. The average Bonchev–Trinajstić information content (AvgIpc) is 4.31. The maximum absolute atomic E-state index is 12.2. The van der Waals surface area contributed by atoms with Crippen molar-refractivity contribution in [1.82, 2.24) is 44.2 Å². The van der Waals surface area contributed by atoms with Gasteiger partial charge in [0.2, 0.25) is 17.7 Å². The minimum Gasteiger partial charge on any atom is -0.480 e. The Hall–Kier alpha value is -7.66. The van der Waals surface area contributed by atoms with E-state index in [1.807, 2.05) is 12.1 Å². The van der Waals surface area contributed by atoms with Gasteiger partial charge in [0, 0.05) is 75.2 Å². The summed E-state index contributed by atoms with van der Waals surface area (Å²) in [5.74, 6) is -4.91. The molecule has 0 bridgehead atoms. The van der Waals surface area contributed by atoms with Crippen molar-refractivity contribution in [3.63, 3.8) is 0 Å². The van der Waals surface area contributed by atoms with Crippen molar-refractivity contribution in [2.24, 2.45) is 9.98 Å². The van der Waals surface area contributed by atoms with Crippen LogP contribution in [0.25, 0.3) is 22.1 Å². The van der Waals surface area contributed by atoms with Gasteiger partial charge in [0.25, 0.3) is 5.88 Å². The molecule has 9 rings (SSSR count). The van der Waals surface area contributed by atoms with Gasteiger partial charge in [0.15, 0.2) is 18.2 Å². The molecule has 0 radical (unpaired) electrons. The molecule has 2 saturated heterocycles. The predicted octanol–water partition coefficient (Wildman–Crippen LogP) is 1.11. The number of ether oxygens (including phenoxy) is 2. The number of carboxylic acid groups (broad SMARTS) is 5. The van der Waals surface area contributed by atoms with E-state index in [2.05, 4.69) is 112 Å². The highest BCUT2D eigenvalue weighted by Crippen LogP contribution is 2.37. The van der Waals surface area contributed by atoms with Crippen molar-refractivity contribution in [1.29, 1.82) is 0 Å². The Morgan fingerprint density at radius 2 is 1.40 bits per heavy atom. The molecule has 33 heteroatoms. The van der Waals surface area contributed by atoms with E-state index in [-0.39, 0.29) is 24.5 Å². The molecule has 4 aliphatic rings. The molecule has 11 N–H and O–H groups in total. The van der Waals surface area contributed by atoms with Gasteiger partial charge in [0.1, 0.15) is 29.8 Å². The van der Waals surface area contributed by atoms with Gasteiger partial charge in [-0.05, 0) is 76.9 Å². The van der Waals surface area contributed by atoms with Crippen LogP contribution in [0.2, 0.25) is 0 Å². The van der Waals surface area contributed by atoms with E-state index in [1.165, 1.54) is 4.90 Å². The summed E-state index contributed by atoms with van der Waals surface area (Å²) in [4.78, 5) is 93.5. The Bertz CT molecular complexity index is 3050. The van der Waals surface area contributed by atoms with Crippen LogP contribution in [-0.4, -0.2) is 218 Å². The van der Waals surface area contributed by atoms with Gasteiger partial charge in [-0.1, -0.05) is 0 Å². The number of carboxylic acids is 5. The first-order valence-electron chi connectivity index (χ1n) is 23.8. The Morgan fingerprint density at radius 1 is 0.812 bits per heavy atom. The fraction of sp³-hybridized carbons (Fsp3) is 0.404. The molecular formula is C47H56Br2N14O16S. The van der Waals surface area contributed by atoms with E-state index >= 15 is 0 Å². The highest BCUT2D eigenvalue weighted by molar-refractivity contribution is 9.11. The second-order valence-electron chi connectivity index (χ2n) is 17.8. The largest absolute Gasteiger partial charge is 0.480 e. The van der Waals surface area contributed by atoms with Gasteiger partial charge in [-0.2, -0.15) is 4.37 Å². The van der Waals surface area contributed by atoms with Crippen LogP contribution >= 0.6 is 43.6 Å². The molecule has 1 amide bonds. The number of halogens is 2. The van der Waals surface area contributed by atoms with Gasteiger partial charge in [-0.15, -0.1) is 4.37 Å². The van der Waals surface area contributed by atoms with Crippen molar-refractivity contribution in [2.75, 3.05) is 80.8 Å². The normalized spacial score (nSPS) is 16.8. The minimum atomic E-state index is -2.27. The van der Waals surface area contributed by atoms with Crippen molar-refractivity contribution >= 4 is 131 Å².